The van der Waals surface area contributed by atoms with Gasteiger partial charge in [0, 0.05) is 50.4 Å². The maximum atomic E-state index is 13.5. The molecule has 10 heteroatoms. The van der Waals surface area contributed by atoms with E-state index in [0.29, 0.717) is 17.9 Å². The number of methoxy groups -OCH3 is 1. The van der Waals surface area contributed by atoms with Gasteiger partial charge in [0.05, 0.1) is 19.8 Å². The highest BCUT2D eigenvalue weighted by Gasteiger charge is 2.33. The Hall–Kier alpha value is -3.60. The highest BCUT2D eigenvalue weighted by atomic mass is 16.5. The molecule has 0 saturated carbocycles. The van der Waals surface area contributed by atoms with Crippen molar-refractivity contribution in [2.24, 2.45) is 0 Å². The van der Waals surface area contributed by atoms with Crippen LogP contribution in [0.25, 0.3) is 10.9 Å². The third-order valence-corrected chi connectivity index (χ3v) is 7.84. The molecule has 0 aliphatic carbocycles. The van der Waals surface area contributed by atoms with Crippen LogP contribution in [-0.2, 0) is 17.8 Å². The normalized spacial score (nSPS) is 19.5. The molecule has 0 unspecified atom stereocenters. The topological polar surface area (TPSA) is 101 Å². The number of H-pyrrole nitrogens is 1. The van der Waals surface area contributed by atoms with Crippen molar-refractivity contribution in [1.29, 1.82) is 0 Å². The minimum atomic E-state index is -0.367. The summed E-state index contributed by atoms with van der Waals surface area (Å²) in [6.07, 6.45) is 2.12. The fourth-order valence-corrected chi connectivity index (χ4v) is 5.77. The first-order valence-corrected chi connectivity index (χ1v) is 13.7. The molecular formula is C29H35N7O3. The van der Waals surface area contributed by atoms with Gasteiger partial charge in [-0.15, -0.1) is 5.10 Å². The summed E-state index contributed by atoms with van der Waals surface area (Å²) in [5.74, 6) is 1.55. The number of hydrogen-bond donors (Lipinski definition) is 1. The zero-order chi connectivity index (χ0) is 26.8. The van der Waals surface area contributed by atoms with Crippen LogP contribution in [0.1, 0.15) is 41.4 Å². The Morgan fingerprint density at radius 2 is 2.00 bits per heavy atom. The minimum absolute atomic E-state index is 0.0881. The zero-order valence-corrected chi connectivity index (χ0v) is 22.5. The number of fused-ring (bicyclic) bond motifs is 1. The fourth-order valence-electron chi connectivity index (χ4n) is 5.77. The van der Waals surface area contributed by atoms with Gasteiger partial charge in [0.25, 0.3) is 5.56 Å². The van der Waals surface area contributed by atoms with Crippen molar-refractivity contribution in [1.82, 2.24) is 35.0 Å². The van der Waals surface area contributed by atoms with Gasteiger partial charge in [-0.05, 0) is 71.5 Å². The summed E-state index contributed by atoms with van der Waals surface area (Å²) in [7, 11) is 1.69. The van der Waals surface area contributed by atoms with Gasteiger partial charge in [-0.2, -0.15) is 0 Å². The average molecular weight is 530 g/mol. The van der Waals surface area contributed by atoms with Gasteiger partial charge in [0.1, 0.15) is 11.8 Å². The lowest BCUT2D eigenvalue weighted by Gasteiger charge is -2.38. The van der Waals surface area contributed by atoms with Crippen LogP contribution in [0.3, 0.4) is 0 Å². The summed E-state index contributed by atoms with van der Waals surface area (Å²) in [4.78, 5) is 21.4. The Labute approximate surface area is 227 Å². The van der Waals surface area contributed by atoms with E-state index in [1.54, 1.807) is 7.11 Å². The molecule has 0 radical (unpaired) electrons. The number of piperazine rings is 1. The van der Waals surface area contributed by atoms with Gasteiger partial charge in [-0.1, -0.05) is 23.8 Å². The van der Waals surface area contributed by atoms with Crippen LogP contribution in [-0.4, -0.2) is 81.0 Å². The molecule has 0 bridgehead atoms. The molecule has 39 heavy (non-hydrogen) atoms. The van der Waals surface area contributed by atoms with Crippen molar-refractivity contribution in [3.63, 3.8) is 0 Å². The van der Waals surface area contributed by atoms with Crippen LogP contribution in [0.5, 0.6) is 5.75 Å². The molecular weight excluding hydrogens is 494 g/mol. The van der Waals surface area contributed by atoms with Crippen molar-refractivity contribution in [2.45, 2.75) is 45.0 Å². The number of rotatable bonds is 8. The summed E-state index contributed by atoms with van der Waals surface area (Å²) >= 11 is 0. The van der Waals surface area contributed by atoms with E-state index in [0.717, 1.165) is 74.4 Å². The van der Waals surface area contributed by atoms with Gasteiger partial charge in [0.2, 0.25) is 0 Å². The second-order valence-corrected chi connectivity index (χ2v) is 10.6. The number of tetrazole rings is 1. The molecule has 4 heterocycles. The SMILES string of the molecule is COc1cccc(CN2CCN([C@@H](c3cc4cc(C)ccc4[nH]c3=O)c3nnnn3C[C@H]3CCCO3)CC2)c1. The number of hydrogen-bond acceptors (Lipinski definition) is 8. The number of aryl methyl sites for hydroxylation is 1. The number of aromatic amines is 1. The first-order chi connectivity index (χ1) is 19.1. The summed E-state index contributed by atoms with van der Waals surface area (Å²) in [6, 6.07) is 15.9. The van der Waals surface area contributed by atoms with E-state index in [1.807, 2.05) is 35.0 Å². The maximum absolute atomic E-state index is 13.5. The summed E-state index contributed by atoms with van der Waals surface area (Å²) in [5, 5.41) is 13.9. The van der Waals surface area contributed by atoms with Gasteiger partial charge in [-0.3, -0.25) is 14.6 Å². The summed E-state index contributed by atoms with van der Waals surface area (Å²) in [6.45, 7) is 7.56. The fraction of sp³-hybridized carbons (Fsp3) is 0.448. The number of ether oxygens (including phenoxy) is 2. The molecule has 2 aliphatic rings. The number of nitrogens with one attached hydrogen (secondary N) is 1. The van der Waals surface area contributed by atoms with Gasteiger partial charge in [-0.25, -0.2) is 4.68 Å². The lowest BCUT2D eigenvalue weighted by Crippen LogP contribution is -2.48. The lowest BCUT2D eigenvalue weighted by atomic mass is 10.0. The third-order valence-electron chi connectivity index (χ3n) is 7.84. The first kappa shape index (κ1) is 25.7. The van der Waals surface area contributed by atoms with E-state index in [-0.39, 0.29) is 17.7 Å². The number of nitrogens with zero attached hydrogens (tertiary/aromatic N) is 6. The molecule has 204 valence electrons. The maximum Gasteiger partial charge on any atom is 0.253 e. The minimum Gasteiger partial charge on any atom is -0.497 e. The van der Waals surface area contributed by atoms with E-state index >= 15 is 0 Å². The molecule has 0 spiro atoms. The highest BCUT2D eigenvalue weighted by molar-refractivity contribution is 5.79. The zero-order valence-electron chi connectivity index (χ0n) is 22.5. The largest absolute Gasteiger partial charge is 0.497 e. The number of pyridine rings is 1. The van der Waals surface area contributed by atoms with Crippen LogP contribution in [0, 0.1) is 6.92 Å². The predicted molar refractivity (Wildman–Crippen MR) is 148 cm³/mol. The molecule has 2 saturated heterocycles. The van der Waals surface area contributed by atoms with Crippen molar-refractivity contribution < 1.29 is 9.47 Å². The van der Waals surface area contributed by atoms with E-state index in [1.165, 1.54) is 5.56 Å². The Bertz CT molecular complexity index is 1490. The van der Waals surface area contributed by atoms with E-state index in [2.05, 4.69) is 55.4 Å². The van der Waals surface area contributed by atoms with Crippen molar-refractivity contribution in [3.8, 4) is 5.75 Å². The van der Waals surface area contributed by atoms with Gasteiger partial charge < -0.3 is 14.5 Å². The Kier molecular flexibility index (Phi) is 7.40. The highest BCUT2D eigenvalue weighted by Crippen LogP contribution is 2.29. The Balaban J connectivity index is 1.30. The second kappa shape index (κ2) is 11.3. The molecule has 2 aromatic carbocycles. The molecule has 2 aliphatic heterocycles. The Morgan fingerprint density at radius 3 is 2.79 bits per heavy atom. The van der Waals surface area contributed by atoms with Crippen LogP contribution in [0.15, 0.2) is 53.3 Å². The number of benzene rings is 2. The van der Waals surface area contributed by atoms with E-state index < -0.39 is 0 Å². The molecule has 10 nitrogen and oxygen atoms in total. The molecule has 6 rings (SSSR count). The van der Waals surface area contributed by atoms with Crippen LogP contribution in [0.4, 0.5) is 0 Å². The van der Waals surface area contributed by atoms with Crippen LogP contribution < -0.4 is 10.3 Å². The summed E-state index contributed by atoms with van der Waals surface area (Å²) < 4.78 is 13.1. The molecule has 4 aromatic rings. The smallest absolute Gasteiger partial charge is 0.253 e. The molecule has 2 atom stereocenters. The first-order valence-electron chi connectivity index (χ1n) is 13.7. The van der Waals surface area contributed by atoms with Crippen molar-refractivity contribution in [3.05, 3.63) is 81.4 Å². The Morgan fingerprint density at radius 1 is 1.13 bits per heavy atom. The molecule has 0 amide bonds. The standard InChI is InChI=1S/C29H35N7O3/c1-20-8-9-26-22(15-20)17-25(29(37)30-26)27(28-31-32-33-36(28)19-24-7-4-14-39-24)35-12-10-34(11-13-35)18-21-5-3-6-23(16-21)38-2/h3,5-6,8-9,15-17,24,27H,4,7,10-14,18-19H2,1-2H3,(H,30,37)/t24-,27+/m1/s1. The predicted octanol–water partition coefficient (Wildman–Crippen LogP) is 2.92. The van der Waals surface area contributed by atoms with Crippen LogP contribution >= 0.6 is 0 Å². The monoisotopic (exact) mass is 529 g/mol. The number of aromatic nitrogens is 5. The molecule has 2 fully saturated rings. The van der Waals surface area contributed by atoms with Crippen molar-refractivity contribution in [2.75, 3.05) is 39.9 Å². The average Bonchev–Trinajstić information content (AvgIpc) is 3.63. The third kappa shape index (κ3) is 5.59. The van der Waals surface area contributed by atoms with Gasteiger partial charge in [0.15, 0.2) is 5.82 Å². The molecule has 2 aromatic heterocycles. The van der Waals surface area contributed by atoms with E-state index in [9.17, 15) is 4.79 Å². The quantitative estimate of drug-likeness (QED) is 0.372. The van der Waals surface area contributed by atoms with Crippen molar-refractivity contribution >= 4 is 10.9 Å². The van der Waals surface area contributed by atoms with Crippen LogP contribution in [0.2, 0.25) is 0 Å². The lowest BCUT2D eigenvalue weighted by molar-refractivity contribution is 0.0840. The van der Waals surface area contributed by atoms with E-state index in [4.69, 9.17) is 9.47 Å². The second-order valence-electron chi connectivity index (χ2n) is 10.6. The molecule has 1 N–H and O–H groups in total. The summed E-state index contributed by atoms with van der Waals surface area (Å²) in [5.41, 5.74) is 3.75. The van der Waals surface area contributed by atoms with Gasteiger partial charge >= 0.3 is 0 Å².